The van der Waals surface area contributed by atoms with Gasteiger partial charge in [0, 0.05) is 6.07 Å². The van der Waals surface area contributed by atoms with Gasteiger partial charge >= 0.3 is 0 Å². The van der Waals surface area contributed by atoms with E-state index in [1.807, 2.05) is 47.0 Å². The molecular weight excluding hydrogens is 468 g/mol. The third-order valence-corrected chi connectivity index (χ3v) is 5.98. The van der Waals surface area contributed by atoms with Gasteiger partial charge in [0.25, 0.3) is 5.56 Å². The zero-order valence-corrected chi connectivity index (χ0v) is 19.4. The molecule has 10 nitrogen and oxygen atoms in total. The second kappa shape index (κ2) is 9.77. The van der Waals surface area contributed by atoms with Crippen LogP contribution < -0.4 is 15.6 Å². The number of rotatable bonds is 8. The number of hydrogen-bond acceptors (Lipinski definition) is 7. The van der Waals surface area contributed by atoms with E-state index >= 15 is 0 Å². The average Bonchev–Trinajstić information content (AvgIpc) is 3.63. The Bertz CT molecular complexity index is 1490. The molecule has 2 aromatic carbocycles. The van der Waals surface area contributed by atoms with E-state index in [1.54, 1.807) is 37.6 Å². The van der Waals surface area contributed by atoms with Gasteiger partial charge in [-0.3, -0.25) is 19.3 Å². The number of H-pyrrole nitrogens is 1. The van der Waals surface area contributed by atoms with Crippen LogP contribution in [0.3, 0.4) is 0 Å². The number of anilines is 1. The summed E-state index contributed by atoms with van der Waals surface area (Å²) >= 11 is 1.21. The monoisotopic (exact) mass is 488 g/mol. The minimum atomic E-state index is -0.305. The van der Waals surface area contributed by atoms with E-state index in [2.05, 4.69) is 20.6 Å². The number of aromatic amines is 1. The fourth-order valence-corrected chi connectivity index (χ4v) is 4.19. The standard InChI is InChI=1S/C24H20N6O4S/c1-33-18-11-9-16(10-12-18)29-23(19-8-5-13-34-19)26-27-24(29)35-15-21(31)25-20-14-22(32)30(28-20)17-6-3-2-4-7-17/h2-14,28H,15H2,1H3,(H,25,31). The largest absolute Gasteiger partial charge is 0.497 e. The summed E-state index contributed by atoms with van der Waals surface area (Å²) in [5.41, 5.74) is 1.18. The fraction of sp³-hybridized carbons (Fsp3) is 0.0833. The topological polar surface area (TPSA) is 120 Å². The van der Waals surface area contributed by atoms with Crippen molar-refractivity contribution in [3.63, 3.8) is 0 Å². The van der Waals surface area contributed by atoms with Gasteiger partial charge in [0.2, 0.25) is 11.7 Å². The zero-order chi connectivity index (χ0) is 24.2. The molecule has 5 aromatic rings. The molecule has 3 heterocycles. The molecule has 2 N–H and O–H groups in total. The van der Waals surface area contributed by atoms with E-state index in [0.29, 0.717) is 34.0 Å². The molecular formula is C24H20N6O4S. The fourth-order valence-electron chi connectivity index (χ4n) is 3.44. The number of furan rings is 1. The highest BCUT2D eigenvalue weighted by molar-refractivity contribution is 7.99. The van der Waals surface area contributed by atoms with Crippen LogP contribution in [0, 0.1) is 0 Å². The summed E-state index contributed by atoms with van der Waals surface area (Å²) in [5, 5.41) is 14.7. The molecule has 0 radical (unpaired) electrons. The summed E-state index contributed by atoms with van der Waals surface area (Å²) in [6, 6.07) is 21.4. The average molecular weight is 489 g/mol. The molecule has 0 unspecified atom stereocenters. The minimum absolute atomic E-state index is 0.0466. The van der Waals surface area contributed by atoms with Crippen LogP contribution in [0.1, 0.15) is 0 Å². The number of nitrogens with zero attached hydrogens (tertiary/aromatic N) is 4. The van der Waals surface area contributed by atoms with Gasteiger partial charge in [-0.15, -0.1) is 10.2 Å². The van der Waals surface area contributed by atoms with Crippen molar-refractivity contribution in [3.8, 4) is 28.7 Å². The highest BCUT2D eigenvalue weighted by Crippen LogP contribution is 2.29. The highest BCUT2D eigenvalue weighted by Gasteiger charge is 2.19. The van der Waals surface area contributed by atoms with Crippen LogP contribution in [-0.4, -0.2) is 43.3 Å². The minimum Gasteiger partial charge on any atom is -0.497 e. The lowest BCUT2D eigenvalue weighted by Gasteiger charge is -2.10. The third kappa shape index (κ3) is 4.75. The van der Waals surface area contributed by atoms with Gasteiger partial charge in [0.15, 0.2) is 10.9 Å². The predicted molar refractivity (Wildman–Crippen MR) is 131 cm³/mol. The SMILES string of the molecule is COc1ccc(-n2c(SCC(=O)Nc3cc(=O)n(-c4ccccc4)[nH]3)nnc2-c2ccco2)cc1. The number of benzene rings is 2. The first-order chi connectivity index (χ1) is 17.1. The molecule has 5 rings (SSSR count). The molecule has 35 heavy (non-hydrogen) atoms. The summed E-state index contributed by atoms with van der Waals surface area (Å²) in [6.07, 6.45) is 1.56. The number of nitrogens with one attached hydrogen (secondary N) is 2. The lowest BCUT2D eigenvalue weighted by atomic mass is 10.3. The highest BCUT2D eigenvalue weighted by atomic mass is 32.2. The number of aromatic nitrogens is 5. The van der Waals surface area contributed by atoms with Gasteiger partial charge in [0.05, 0.1) is 30.5 Å². The van der Waals surface area contributed by atoms with E-state index in [9.17, 15) is 9.59 Å². The van der Waals surface area contributed by atoms with Gasteiger partial charge in [-0.1, -0.05) is 30.0 Å². The molecule has 0 saturated heterocycles. The summed E-state index contributed by atoms with van der Waals surface area (Å²) in [7, 11) is 1.60. The summed E-state index contributed by atoms with van der Waals surface area (Å²) in [4.78, 5) is 25.0. The number of ether oxygens (including phenoxy) is 1. The molecule has 0 atom stereocenters. The lowest BCUT2D eigenvalue weighted by molar-refractivity contribution is -0.113. The Morgan fingerprint density at radius 2 is 1.86 bits per heavy atom. The van der Waals surface area contributed by atoms with Crippen LogP contribution >= 0.6 is 11.8 Å². The van der Waals surface area contributed by atoms with Gasteiger partial charge in [-0.2, -0.15) is 0 Å². The summed E-state index contributed by atoms with van der Waals surface area (Å²) < 4.78 is 13.9. The van der Waals surface area contributed by atoms with Gasteiger partial charge in [-0.05, 0) is 48.5 Å². The third-order valence-electron chi connectivity index (χ3n) is 5.05. The molecule has 0 bridgehead atoms. The maximum absolute atomic E-state index is 12.7. The smallest absolute Gasteiger partial charge is 0.273 e. The van der Waals surface area contributed by atoms with Crippen LogP contribution in [0.2, 0.25) is 0 Å². The van der Waals surface area contributed by atoms with Crippen molar-refractivity contribution in [3.05, 3.63) is 89.4 Å². The van der Waals surface area contributed by atoms with Crippen molar-refractivity contribution in [1.82, 2.24) is 24.5 Å². The van der Waals surface area contributed by atoms with E-state index in [-0.39, 0.29) is 17.2 Å². The number of thioether (sulfide) groups is 1. The molecule has 3 aromatic heterocycles. The first kappa shape index (κ1) is 22.3. The number of methoxy groups -OCH3 is 1. The van der Waals surface area contributed by atoms with E-state index < -0.39 is 0 Å². The maximum Gasteiger partial charge on any atom is 0.273 e. The maximum atomic E-state index is 12.7. The van der Waals surface area contributed by atoms with Crippen molar-refractivity contribution in [1.29, 1.82) is 0 Å². The van der Waals surface area contributed by atoms with Crippen molar-refractivity contribution < 1.29 is 13.9 Å². The number of para-hydroxylation sites is 1. The Morgan fingerprint density at radius 1 is 1.06 bits per heavy atom. The molecule has 0 saturated carbocycles. The van der Waals surface area contributed by atoms with Crippen LogP contribution in [0.5, 0.6) is 5.75 Å². The lowest BCUT2D eigenvalue weighted by Crippen LogP contribution is -2.15. The number of carbonyl (C=O) groups is 1. The van der Waals surface area contributed by atoms with E-state index in [0.717, 1.165) is 5.69 Å². The summed E-state index contributed by atoms with van der Waals surface area (Å²) in [5.74, 6) is 1.81. The Balaban J connectivity index is 1.34. The molecule has 0 fully saturated rings. The van der Waals surface area contributed by atoms with E-state index in [1.165, 1.54) is 22.5 Å². The predicted octanol–water partition coefficient (Wildman–Crippen LogP) is 3.75. The Hall–Kier alpha value is -4.51. The normalized spacial score (nSPS) is 10.9. The molecule has 0 spiro atoms. The number of amides is 1. The molecule has 11 heteroatoms. The first-order valence-corrected chi connectivity index (χ1v) is 11.5. The quantitative estimate of drug-likeness (QED) is 0.319. The Labute approximate surface area is 203 Å². The van der Waals surface area contributed by atoms with Crippen LogP contribution in [0.25, 0.3) is 23.0 Å². The van der Waals surface area contributed by atoms with Gasteiger partial charge in [0.1, 0.15) is 11.6 Å². The summed E-state index contributed by atoms with van der Waals surface area (Å²) in [6.45, 7) is 0. The molecule has 0 aliphatic heterocycles. The van der Waals surface area contributed by atoms with Crippen molar-refractivity contribution in [2.75, 3.05) is 18.2 Å². The zero-order valence-electron chi connectivity index (χ0n) is 18.5. The first-order valence-electron chi connectivity index (χ1n) is 10.6. The van der Waals surface area contributed by atoms with Crippen molar-refractivity contribution >= 4 is 23.5 Å². The van der Waals surface area contributed by atoms with Crippen LogP contribution in [-0.2, 0) is 4.79 Å². The van der Waals surface area contributed by atoms with E-state index in [4.69, 9.17) is 9.15 Å². The molecule has 1 amide bonds. The molecule has 0 aliphatic carbocycles. The van der Waals surface area contributed by atoms with Gasteiger partial charge < -0.3 is 14.5 Å². The van der Waals surface area contributed by atoms with Crippen LogP contribution in [0.4, 0.5) is 5.82 Å². The second-order valence-electron chi connectivity index (χ2n) is 7.33. The van der Waals surface area contributed by atoms with Crippen LogP contribution in [0.15, 0.2) is 93.4 Å². The number of hydrogen-bond donors (Lipinski definition) is 2. The second-order valence-corrected chi connectivity index (χ2v) is 8.28. The van der Waals surface area contributed by atoms with Crippen molar-refractivity contribution in [2.45, 2.75) is 5.16 Å². The number of carbonyl (C=O) groups excluding carboxylic acids is 1. The van der Waals surface area contributed by atoms with Gasteiger partial charge in [-0.25, -0.2) is 4.68 Å². The molecule has 176 valence electrons. The molecule has 0 aliphatic rings. The Kier molecular flexibility index (Phi) is 6.22. The Morgan fingerprint density at radius 3 is 2.57 bits per heavy atom. The van der Waals surface area contributed by atoms with Crippen molar-refractivity contribution in [2.24, 2.45) is 0 Å².